The Kier molecular flexibility index (Phi) is 3.39. The number of benzene rings is 1. The molecule has 2 aromatic rings. The molecule has 1 amide bonds. The molecule has 0 aliphatic heterocycles. The molecule has 1 saturated carbocycles. The van der Waals surface area contributed by atoms with Gasteiger partial charge in [-0.3, -0.25) is 4.79 Å². The largest absolute Gasteiger partial charge is 0.324 e. The molecule has 1 aromatic carbocycles. The number of rotatable bonds is 3. The SMILES string of the molecule is CC1(C(=O)Nc2cccc(Cl)c2-n2cncn2)CC1(Cl)Cl. The van der Waals surface area contributed by atoms with E-state index in [1.165, 1.54) is 17.3 Å². The number of nitrogens with one attached hydrogen (secondary N) is 1. The summed E-state index contributed by atoms with van der Waals surface area (Å²) in [6, 6.07) is 5.18. The molecule has 0 saturated heterocycles. The summed E-state index contributed by atoms with van der Waals surface area (Å²) in [6.07, 6.45) is 3.30. The van der Waals surface area contributed by atoms with E-state index in [0.29, 0.717) is 22.8 Å². The molecule has 8 heteroatoms. The van der Waals surface area contributed by atoms with Gasteiger partial charge in [-0.1, -0.05) is 17.7 Å². The van der Waals surface area contributed by atoms with Crippen molar-refractivity contribution >= 4 is 46.4 Å². The number of amides is 1. The Morgan fingerprint density at radius 2 is 2.14 bits per heavy atom. The van der Waals surface area contributed by atoms with Gasteiger partial charge in [-0.2, -0.15) is 5.10 Å². The minimum Gasteiger partial charge on any atom is -0.324 e. The molecule has 1 heterocycles. The van der Waals surface area contributed by atoms with E-state index >= 15 is 0 Å². The van der Waals surface area contributed by atoms with Gasteiger partial charge in [0.15, 0.2) is 0 Å². The zero-order chi connectivity index (χ0) is 15.3. The van der Waals surface area contributed by atoms with Crippen LogP contribution in [0.2, 0.25) is 5.02 Å². The van der Waals surface area contributed by atoms with Gasteiger partial charge < -0.3 is 5.32 Å². The van der Waals surface area contributed by atoms with E-state index in [1.807, 2.05) is 0 Å². The molecule has 5 nitrogen and oxygen atoms in total. The van der Waals surface area contributed by atoms with Crippen molar-refractivity contribution in [3.05, 3.63) is 35.9 Å². The Balaban J connectivity index is 1.94. The summed E-state index contributed by atoms with van der Waals surface area (Å²) in [6.45, 7) is 1.72. The lowest BCUT2D eigenvalue weighted by Crippen LogP contribution is -2.26. The fraction of sp³-hybridized carbons (Fsp3) is 0.308. The number of carbonyl (C=O) groups excluding carboxylic acids is 1. The van der Waals surface area contributed by atoms with Crippen LogP contribution >= 0.6 is 34.8 Å². The van der Waals surface area contributed by atoms with Crippen molar-refractivity contribution in [3.63, 3.8) is 0 Å². The summed E-state index contributed by atoms with van der Waals surface area (Å²) in [5.41, 5.74) is 0.261. The maximum Gasteiger partial charge on any atom is 0.233 e. The monoisotopic (exact) mass is 344 g/mol. The molecule has 110 valence electrons. The second-order valence-corrected chi connectivity index (χ2v) is 7.03. The van der Waals surface area contributed by atoms with E-state index in [9.17, 15) is 4.79 Å². The van der Waals surface area contributed by atoms with Crippen LogP contribution in [-0.2, 0) is 4.79 Å². The van der Waals surface area contributed by atoms with Crippen LogP contribution in [0.5, 0.6) is 0 Å². The van der Waals surface area contributed by atoms with Crippen LogP contribution in [-0.4, -0.2) is 25.0 Å². The summed E-state index contributed by atoms with van der Waals surface area (Å²) in [5, 5.41) is 7.30. The summed E-state index contributed by atoms with van der Waals surface area (Å²) in [4.78, 5) is 16.3. The van der Waals surface area contributed by atoms with Gasteiger partial charge in [-0.25, -0.2) is 9.67 Å². The number of hydrogen-bond donors (Lipinski definition) is 1. The summed E-state index contributed by atoms with van der Waals surface area (Å²) < 4.78 is 0.463. The molecule has 1 unspecified atom stereocenters. The first-order valence-electron chi connectivity index (χ1n) is 6.18. The minimum atomic E-state index is -1.02. The Morgan fingerprint density at radius 3 is 2.71 bits per heavy atom. The first kappa shape index (κ1) is 14.6. The highest BCUT2D eigenvalue weighted by atomic mass is 35.5. The lowest BCUT2D eigenvalue weighted by atomic mass is 10.1. The highest BCUT2D eigenvalue weighted by molar-refractivity contribution is 6.53. The van der Waals surface area contributed by atoms with Gasteiger partial charge in [0.1, 0.15) is 22.7 Å². The van der Waals surface area contributed by atoms with Crippen LogP contribution in [0.4, 0.5) is 5.69 Å². The molecule has 1 aliphatic carbocycles. The summed E-state index contributed by atoms with van der Waals surface area (Å²) in [5.74, 6) is -0.254. The van der Waals surface area contributed by atoms with Crippen LogP contribution in [0, 0.1) is 5.41 Å². The lowest BCUT2D eigenvalue weighted by molar-refractivity contribution is -0.120. The van der Waals surface area contributed by atoms with E-state index in [2.05, 4.69) is 15.4 Å². The number of alkyl halides is 2. The quantitative estimate of drug-likeness (QED) is 0.867. The third-order valence-corrected chi connectivity index (χ3v) is 5.05. The van der Waals surface area contributed by atoms with E-state index in [1.54, 1.807) is 25.1 Å². The van der Waals surface area contributed by atoms with E-state index in [4.69, 9.17) is 34.8 Å². The van der Waals surface area contributed by atoms with Gasteiger partial charge in [0, 0.05) is 0 Å². The fourth-order valence-electron chi connectivity index (χ4n) is 2.08. The smallest absolute Gasteiger partial charge is 0.233 e. The maximum absolute atomic E-state index is 12.4. The van der Waals surface area contributed by atoms with E-state index in [0.717, 1.165) is 0 Å². The molecule has 1 fully saturated rings. The van der Waals surface area contributed by atoms with Crippen molar-refractivity contribution in [2.24, 2.45) is 5.41 Å². The number of aromatic nitrogens is 3. The van der Waals surface area contributed by atoms with E-state index < -0.39 is 9.75 Å². The minimum absolute atomic E-state index is 0.254. The van der Waals surface area contributed by atoms with Crippen molar-refractivity contribution < 1.29 is 4.79 Å². The maximum atomic E-state index is 12.4. The number of anilines is 1. The number of para-hydroxylation sites is 1. The van der Waals surface area contributed by atoms with Gasteiger partial charge in [0.2, 0.25) is 5.91 Å². The first-order valence-corrected chi connectivity index (χ1v) is 7.31. The fourth-order valence-corrected chi connectivity index (χ4v) is 3.05. The molecular formula is C13H11Cl3N4O. The van der Waals surface area contributed by atoms with Crippen molar-refractivity contribution in [3.8, 4) is 5.69 Å². The summed E-state index contributed by atoms with van der Waals surface area (Å²) in [7, 11) is 0. The van der Waals surface area contributed by atoms with Crippen molar-refractivity contribution in [2.75, 3.05) is 5.32 Å². The average molecular weight is 346 g/mol. The molecule has 3 rings (SSSR count). The molecule has 1 aliphatic rings. The van der Waals surface area contributed by atoms with E-state index in [-0.39, 0.29) is 5.91 Å². The van der Waals surface area contributed by atoms with Crippen LogP contribution < -0.4 is 5.32 Å². The third-order valence-electron chi connectivity index (χ3n) is 3.64. The Bertz CT molecular complexity index is 701. The third kappa shape index (κ3) is 2.39. The van der Waals surface area contributed by atoms with Gasteiger partial charge in [0.05, 0.1) is 16.1 Å². The Labute approximate surface area is 136 Å². The van der Waals surface area contributed by atoms with Gasteiger partial charge in [-0.05, 0) is 25.5 Å². The Hall–Kier alpha value is -1.30. The normalized spacial score (nSPS) is 22.9. The number of hydrogen-bond acceptors (Lipinski definition) is 3. The first-order chi connectivity index (χ1) is 9.85. The molecule has 1 N–H and O–H groups in total. The molecule has 21 heavy (non-hydrogen) atoms. The average Bonchev–Trinajstić information content (AvgIpc) is 2.81. The number of carbonyl (C=O) groups is 1. The molecule has 0 spiro atoms. The predicted octanol–water partition coefficient (Wildman–Crippen LogP) is 3.44. The van der Waals surface area contributed by atoms with Crippen molar-refractivity contribution in [2.45, 2.75) is 17.7 Å². The topological polar surface area (TPSA) is 59.8 Å². The van der Waals surface area contributed by atoms with Crippen LogP contribution in [0.25, 0.3) is 5.69 Å². The molecule has 0 bridgehead atoms. The second-order valence-electron chi connectivity index (χ2n) is 5.14. The van der Waals surface area contributed by atoms with Crippen molar-refractivity contribution in [1.29, 1.82) is 0 Å². The zero-order valence-electron chi connectivity index (χ0n) is 11.0. The van der Waals surface area contributed by atoms with Gasteiger partial charge in [-0.15, -0.1) is 23.2 Å². The number of nitrogens with zero attached hydrogens (tertiary/aromatic N) is 3. The Morgan fingerprint density at radius 1 is 1.43 bits per heavy atom. The highest BCUT2D eigenvalue weighted by Crippen LogP contribution is 2.64. The predicted molar refractivity (Wildman–Crippen MR) is 82.2 cm³/mol. The van der Waals surface area contributed by atoms with Gasteiger partial charge in [0.25, 0.3) is 0 Å². The van der Waals surface area contributed by atoms with Gasteiger partial charge >= 0.3 is 0 Å². The molecule has 1 aromatic heterocycles. The number of halogens is 3. The van der Waals surface area contributed by atoms with Crippen molar-refractivity contribution in [1.82, 2.24) is 14.8 Å². The highest BCUT2D eigenvalue weighted by Gasteiger charge is 2.67. The summed E-state index contributed by atoms with van der Waals surface area (Å²) >= 11 is 18.3. The molecular weight excluding hydrogens is 335 g/mol. The van der Waals surface area contributed by atoms with Crippen LogP contribution in [0.1, 0.15) is 13.3 Å². The lowest BCUT2D eigenvalue weighted by Gasteiger charge is -2.16. The molecule has 0 radical (unpaired) electrons. The molecule has 1 atom stereocenters. The van der Waals surface area contributed by atoms with Crippen LogP contribution in [0.15, 0.2) is 30.9 Å². The standard InChI is InChI=1S/C13H11Cl3N4O/c1-12(5-13(12,15)16)11(21)19-9-4-2-3-8(14)10(9)20-7-17-6-18-20/h2-4,6-7H,5H2,1H3,(H,19,21). The second kappa shape index (κ2) is 4.87. The zero-order valence-corrected chi connectivity index (χ0v) is 13.2. The van der Waals surface area contributed by atoms with Crippen LogP contribution in [0.3, 0.4) is 0 Å².